The van der Waals surface area contributed by atoms with Crippen LogP contribution in [-0.4, -0.2) is 67.7 Å². The van der Waals surface area contributed by atoms with Gasteiger partial charge in [0.2, 0.25) is 21.8 Å². The topological polar surface area (TPSA) is 156 Å². The van der Waals surface area contributed by atoms with E-state index in [1.165, 1.54) is 12.1 Å². The predicted octanol–water partition coefficient (Wildman–Crippen LogP) is 0.515. The normalized spacial score (nSPS) is 17.4. The first-order chi connectivity index (χ1) is 14.2. The van der Waals surface area contributed by atoms with Gasteiger partial charge in [0.1, 0.15) is 5.69 Å². The maximum Gasteiger partial charge on any atom is 0.293 e. The number of nitrogens with zero attached hydrogens (tertiary/aromatic N) is 3. The van der Waals surface area contributed by atoms with Gasteiger partial charge in [-0.2, -0.15) is 0 Å². The van der Waals surface area contributed by atoms with E-state index in [0.717, 1.165) is 25.3 Å². The number of primary sulfonamides is 1. The van der Waals surface area contributed by atoms with E-state index in [2.05, 4.69) is 5.32 Å². The smallest absolute Gasteiger partial charge is 0.293 e. The number of rotatable bonds is 7. The maximum absolute atomic E-state index is 12.4. The molecule has 1 aromatic carbocycles. The molecular formula is C18H25N5O6S. The molecule has 3 N–H and O–H groups in total. The number of benzene rings is 1. The van der Waals surface area contributed by atoms with E-state index in [9.17, 15) is 28.1 Å². The number of nitrogens with two attached hydrogens (primary N) is 1. The van der Waals surface area contributed by atoms with Gasteiger partial charge < -0.3 is 15.1 Å². The molecule has 0 radical (unpaired) electrons. The highest BCUT2D eigenvalue weighted by molar-refractivity contribution is 7.89. The maximum atomic E-state index is 12.4. The zero-order chi connectivity index (χ0) is 21.9. The molecule has 164 valence electrons. The molecule has 2 amide bonds. The zero-order valence-corrected chi connectivity index (χ0v) is 17.3. The van der Waals surface area contributed by atoms with Crippen LogP contribution in [0.1, 0.15) is 25.7 Å². The summed E-state index contributed by atoms with van der Waals surface area (Å²) in [5.41, 5.74) is -0.326. The van der Waals surface area contributed by atoms with Gasteiger partial charge in [-0.15, -0.1) is 0 Å². The van der Waals surface area contributed by atoms with Crippen molar-refractivity contribution in [2.45, 2.75) is 30.6 Å². The minimum absolute atomic E-state index is 0.108. The molecule has 3 rings (SSSR count). The van der Waals surface area contributed by atoms with Crippen molar-refractivity contribution in [1.82, 2.24) is 9.80 Å². The third kappa shape index (κ3) is 5.05. The molecule has 2 aliphatic rings. The van der Waals surface area contributed by atoms with Crippen LogP contribution in [-0.2, 0) is 19.6 Å². The van der Waals surface area contributed by atoms with Crippen molar-refractivity contribution in [3.05, 3.63) is 28.3 Å². The van der Waals surface area contributed by atoms with Crippen molar-refractivity contribution in [2.75, 3.05) is 38.0 Å². The highest BCUT2D eigenvalue weighted by Crippen LogP contribution is 2.29. The number of carbonyl (C=O) groups is 2. The van der Waals surface area contributed by atoms with E-state index in [-0.39, 0.29) is 41.3 Å². The van der Waals surface area contributed by atoms with Gasteiger partial charge in [-0.1, -0.05) is 6.42 Å². The standard InChI is InChI=1S/C18H25N5O6S/c19-30(28,29)14-4-5-15(16(12-14)23(26)27)20-7-6-17(24)21-8-10-22(11-9-21)18(25)13-2-1-3-13/h4-5,12-13,20H,1-3,6-11H2,(H2,19,28,29). The van der Waals surface area contributed by atoms with Crippen LogP contribution in [0.3, 0.4) is 0 Å². The Morgan fingerprint density at radius 3 is 2.33 bits per heavy atom. The van der Waals surface area contributed by atoms with Gasteiger partial charge in [0.15, 0.2) is 0 Å². The van der Waals surface area contributed by atoms with Gasteiger partial charge in [-0.25, -0.2) is 13.6 Å². The van der Waals surface area contributed by atoms with Gasteiger partial charge in [-0.05, 0) is 25.0 Å². The van der Waals surface area contributed by atoms with E-state index in [1.54, 1.807) is 4.90 Å². The summed E-state index contributed by atoms with van der Waals surface area (Å²) in [6, 6.07) is 3.32. The predicted molar refractivity (Wildman–Crippen MR) is 108 cm³/mol. The Labute approximate surface area is 174 Å². The third-order valence-electron chi connectivity index (χ3n) is 5.55. The molecule has 0 unspecified atom stereocenters. The Balaban J connectivity index is 1.50. The van der Waals surface area contributed by atoms with E-state index in [4.69, 9.17) is 5.14 Å². The molecule has 2 fully saturated rings. The monoisotopic (exact) mass is 439 g/mol. The molecule has 0 spiro atoms. The summed E-state index contributed by atoms with van der Waals surface area (Å²) in [5.74, 6) is 0.222. The molecule has 1 saturated carbocycles. The molecule has 1 aliphatic heterocycles. The molecular weight excluding hydrogens is 414 g/mol. The van der Waals surface area contributed by atoms with Crippen LogP contribution in [0.4, 0.5) is 11.4 Å². The van der Waals surface area contributed by atoms with Crippen molar-refractivity contribution in [3.63, 3.8) is 0 Å². The van der Waals surface area contributed by atoms with Crippen LogP contribution in [0, 0.1) is 16.0 Å². The lowest BCUT2D eigenvalue weighted by molar-refractivity contribution is -0.384. The van der Waals surface area contributed by atoms with Crippen LogP contribution < -0.4 is 10.5 Å². The van der Waals surface area contributed by atoms with Crippen LogP contribution in [0.15, 0.2) is 23.1 Å². The molecule has 12 heteroatoms. The second-order valence-electron chi connectivity index (χ2n) is 7.49. The summed E-state index contributed by atoms with van der Waals surface area (Å²) in [5, 5.41) is 19.0. The average molecular weight is 439 g/mol. The summed E-state index contributed by atoms with van der Waals surface area (Å²) >= 11 is 0. The quantitative estimate of drug-likeness (QED) is 0.463. The van der Waals surface area contributed by atoms with Gasteiger partial charge in [-0.3, -0.25) is 19.7 Å². The SMILES string of the molecule is NS(=O)(=O)c1ccc(NCCC(=O)N2CCN(C(=O)C3CCC3)CC2)c([N+](=O)[O-])c1. The Morgan fingerprint density at radius 2 is 1.80 bits per heavy atom. The highest BCUT2D eigenvalue weighted by atomic mass is 32.2. The Kier molecular flexibility index (Phi) is 6.56. The molecule has 11 nitrogen and oxygen atoms in total. The summed E-state index contributed by atoms with van der Waals surface area (Å²) in [6.45, 7) is 2.14. The lowest BCUT2D eigenvalue weighted by Crippen LogP contribution is -2.52. The Hall–Kier alpha value is -2.73. The second-order valence-corrected chi connectivity index (χ2v) is 9.05. The first-order valence-electron chi connectivity index (χ1n) is 9.78. The van der Waals surface area contributed by atoms with Crippen molar-refractivity contribution in [3.8, 4) is 0 Å². The Bertz CT molecular complexity index is 938. The summed E-state index contributed by atoms with van der Waals surface area (Å²) < 4.78 is 22.8. The van der Waals surface area contributed by atoms with Crippen molar-refractivity contribution < 1.29 is 22.9 Å². The molecule has 1 saturated heterocycles. The number of amides is 2. The Morgan fingerprint density at radius 1 is 1.17 bits per heavy atom. The number of nitrogens with one attached hydrogen (secondary N) is 1. The van der Waals surface area contributed by atoms with Gasteiger partial charge >= 0.3 is 0 Å². The summed E-state index contributed by atoms with van der Waals surface area (Å²) in [7, 11) is -4.06. The van der Waals surface area contributed by atoms with Crippen molar-refractivity contribution >= 4 is 33.2 Å². The molecule has 0 atom stereocenters. The second kappa shape index (κ2) is 8.96. The number of hydrogen-bond donors (Lipinski definition) is 2. The molecule has 1 aliphatic carbocycles. The number of anilines is 1. The van der Waals surface area contributed by atoms with Crippen LogP contribution >= 0.6 is 0 Å². The number of nitro benzene ring substituents is 1. The summed E-state index contributed by atoms with van der Waals surface area (Å²) in [6.07, 6.45) is 3.12. The van der Waals surface area contributed by atoms with E-state index < -0.39 is 20.6 Å². The highest BCUT2D eigenvalue weighted by Gasteiger charge is 2.32. The van der Waals surface area contributed by atoms with Gasteiger partial charge in [0, 0.05) is 51.1 Å². The van der Waals surface area contributed by atoms with E-state index >= 15 is 0 Å². The minimum Gasteiger partial charge on any atom is -0.379 e. The number of sulfonamides is 1. The minimum atomic E-state index is -4.06. The van der Waals surface area contributed by atoms with E-state index in [1.807, 2.05) is 4.90 Å². The van der Waals surface area contributed by atoms with Crippen LogP contribution in [0.25, 0.3) is 0 Å². The number of piperazine rings is 1. The molecule has 0 aromatic heterocycles. The van der Waals surface area contributed by atoms with Crippen LogP contribution in [0.2, 0.25) is 0 Å². The number of carbonyl (C=O) groups excluding carboxylic acids is 2. The van der Waals surface area contributed by atoms with E-state index in [0.29, 0.717) is 26.2 Å². The van der Waals surface area contributed by atoms with Crippen LogP contribution in [0.5, 0.6) is 0 Å². The van der Waals surface area contributed by atoms with Gasteiger partial charge in [0.25, 0.3) is 5.69 Å². The first-order valence-corrected chi connectivity index (χ1v) is 11.3. The fourth-order valence-corrected chi connectivity index (χ4v) is 4.07. The van der Waals surface area contributed by atoms with Crippen molar-refractivity contribution in [1.29, 1.82) is 0 Å². The van der Waals surface area contributed by atoms with Crippen molar-refractivity contribution in [2.24, 2.45) is 11.1 Å². The largest absolute Gasteiger partial charge is 0.379 e. The summed E-state index contributed by atoms with van der Waals surface area (Å²) in [4.78, 5) is 38.4. The zero-order valence-electron chi connectivity index (χ0n) is 16.5. The average Bonchev–Trinajstić information content (AvgIpc) is 2.65. The molecule has 0 bridgehead atoms. The lowest BCUT2D eigenvalue weighted by Gasteiger charge is -2.38. The fourth-order valence-electron chi connectivity index (χ4n) is 3.54. The third-order valence-corrected chi connectivity index (χ3v) is 6.46. The molecule has 1 heterocycles. The molecule has 30 heavy (non-hydrogen) atoms. The fraction of sp³-hybridized carbons (Fsp3) is 0.556. The van der Waals surface area contributed by atoms with Gasteiger partial charge in [0.05, 0.1) is 9.82 Å². The lowest BCUT2D eigenvalue weighted by atomic mass is 9.84. The number of hydrogen-bond acceptors (Lipinski definition) is 7. The number of nitro groups is 1. The molecule has 1 aromatic rings. The first kappa shape index (κ1) is 22.0.